The number of nitrogens with one attached hydrogen (secondary N) is 1. The minimum Gasteiger partial charge on any atom is -0.350 e. The molecule has 2 heteroatoms. The molecule has 1 saturated carbocycles. The van der Waals surface area contributed by atoms with Crippen molar-refractivity contribution in [2.75, 3.05) is 0 Å². The van der Waals surface area contributed by atoms with Crippen molar-refractivity contribution in [3.63, 3.8) is 0 Å². The summed E-state index contributed by atoms with van der Waals surface area (Å²) in [4.78, 5) is 0. The molecule has 18 heavy (non-hydrogen) atoms. The van der Waals surface area contributed by atoms with Gasteiger partial charge in [-0.15, -0.1) is 0 Å². The summed E-state index contributed by atoms with van der Waals surface area (Å²) in [5, 5.41) is 3.79. The van der Waals surface area contributed by atoms with E-state index in [1.807, 2.05) is 0 Å². The molecule has 0 aliphatic heterocycles. The Labute approximate surface area is 112 Å². The van der Waals surface area contributed by atoms with Gasteiger partial charge >= 0.3 is 0 Å². The van der Waals surface area contributed by atoms with Crippen molar-refractivity contribution in [1.29, 1.82) is 0 Å². The van der Waals surface area contributed by atoms with E-state index in [0.717, 1.165) is 13.1 Å². The van der Waals surface area contributed by atoms with Crippen molar-refractivity contribution in [2.24, 2.45) is 5.41 Å². The van der Waals surface area contributed by atoms with Gasteiger partial charge in [0.1, 0.15) is 0 Å². The van der Waals surface area contributed by atoms with Crippen LogP contribution in [0.4, 0.5) is 0 Å². The van der Waals surface area contributed by atoms with Gasteiger partial charge in [-0.25, -0.2) is 0 Å². The van der Waals surface area contributed by atoms with Crippen LogP contribution in [0, 0.1) is 5.41 Å². The minimum absolute atomic E-state index is 0.459. The second-order valence-electron chi connectivity index (χ2n) is 6.36. The monoisotopic (exact) mass is 248 g/mol. The number of aryl methyl sites for hydroxylation is 1. The number of hydrogen-bond donors (Lipinski definition) is 1. The lowest BCUT2D eigenvalue weighted by Crippen LogP contribution is -2.43. The van der Waals surface area contributed by atoms with Crippen molar-refractivity contribution < 1.29 is 0 Å². The molecule has 0 radical (unpaired) electrons. The van der Waals surface area contributed by atoms with Gasteiger partial charge in [0.15, 0.2) is 0 Å². The Bertz CT molecular complexity index is 365. The van der Waals surface area contributed by atoms with Gasteiger partial charge in [-0.1, -0.05) is 33.6 Å². The van der Waals surface area contributed by atoms with Crippen LogP contribution in [0.15, 0.2) is 18.3 Å². The zero-order valence-corrected chi connectivity index (χ0v) is 12.2. The topological polar surface area (TPSA) is 17.0 Å². The summed E-state index contributed by atoms with van der Waals surface area (Å²) in [6.45, 7) is 9.21. The fourth-order valence-corrected chi connectivity index (χ4v) is 3.17. The van der Waals surface area contributed by atoms with E-state index < -0.39 is 0 Å². The highest BCUT2D eigenvalue weighted by atomic mass is 15.0. The van der Waals surface area contributed by atoms with Crippen LogP contribution in [0.3, 0.4) is 0 Å². The summed E-state index contributed by atoms with van der Waals surface area (Å²) in [6.07, 6.45) is 8.89. The lowest BCUT2D eigenvalue weighted by Gasteiger charge is -2.39. The third-order valence-electron chi connectivity index (χ3n) is 4.42. The van der Waals surface area contributed by atoms with Crippen molar-refractivity contribution in [1.82, 2.24) is 9.88 Å². The summed E-state index contributed by atoms with van der Waals surface area (Å²) in [5.41, 5.74) is 1.89. The number of nitrogens with zero attached hydrogens (tertiary/aromatic N) is 1. The highest BCUT2D eigenvalue weighted by Gasteiger charge is 2.31. The highest BCUT2D eigenvalue weighted by molar-refractivity contribution is 5.07. The maximum absolute atomic E-state index is 3.79. The van der Waals surface area contributed by atoms with Crippen molar-refractivity contribution >= 4 is 0 Å². The molecule has 0 aromatic carbocycles. The zero-order chi connectivity index (χ0) is 13.0. The SMILES string of the molecule is CCCn1cccc1CNC1CCCCC1(C)C. The van der Waals surface area contributed by atoms with Gasteiger partial charge in [0.05, 0.1) is 0 Å². The van der Waals surface area contributed by atoms with Crippen LogP contribution in [0.25, 0.3) is 0 Å². The molecule has 1 N–H and O–H groups in total. The van der Waals surface area contributed by atoms with E-state index in [1.165, 1.54) is 37.8 Å². The van der Waals surface area contributed by atoms with Gasteiger partial charge < -0.3 is 9.88 Å². The Kier molecular flexibility index (Phi) is 4.50. The molecule has 102 valence electrons. The fraction of sp³-hybridized carbons (Fsp3) is 0.750. The van der Waals surface area contributed by atoms with Crippen molar-refractivity contribution in [3.8, 4) is 0 Å². The van der Waals surface area contributed by atoms with Crippen LogP contribution in [0.2, 0.25) is 0 Å². The standard InChI is InChI=1S/C16H28N2/c1-4-11-18-12-7-8-14(18)13-17-15-9-5-6-10-16(15,2)3/h7-8,12,15,17H,4-6,9-11,13H2,1-3H3. The second kappa shape index (κ2) is 5.92. The minimum atomic E-state index is 0.459. The molecule has 0 bridgehead atoms. The molecule has 1 aliphatic carbocycles. The first-order valence-corrected chi connectivity index (χ1v) is 7.51. The van der Waals surface area contributed by atoms with Crippen LogP contribution in [0.1, 0.15) is 58.6 Å². The lowest BCUT2D eigenvalue weighted by atomic mass is 9.73. The van der Waals surface area contributed by atoms with E-state index in [9.17, 15) is 0 Å². The Balaban J connectivity index is 1.92. The summed E-state index contributed by atoms with van der Waals surface area (Å²) in [7, 11) is 0. The van der Waals surface area contributed by atoms with Crippen molar-refractivity contribution in [2.45, 2.75) is 72.0 Å². The molecule has 2 rings (SSSR count). The predicted octanol–water partition coefficient (Wildman–Crippen LogP) is 3.96. The normalized spacial score (nSPS) is 23.2. The average Bonchev–Trinajstić information content (AvgIpc) is 2.75. The molecule has 1 aliphatic rings. The van der Waals surface area contributed by atoms with Gasteiger partial charge in [0.2, 0.25) is 0 Å². The third-order valence-corrected chi connectivity index (χ3v) is 4.42. The van der Waals surface area contributed by atoms with Crippen LogP contribution >= 0.6 is 0 Å². The maximum Gasteiger partial charge on any atom is 0.0361 e. The smallest absolute Gasteiger partial charge is 0.0361 e. The van der Waals surface area contributed by atoms with Crippen molar-refractivity contribution in [3.05, 3.63) is 24.0 Å². The Hall–Kier alpha value is -0.760. The Morgan fingerprint density at radius 3 is 2.94 bits per heavy atom. The van der Waals surface area contributed by atoms with Gasteiger partial charge in [0.25, 0.3) is 0 Å². The Morgan fingerprint density at radius 2 is 2.22 bits per heavy atom. The van der Waals surface area contributed by atoms with Gasteiger partial charge in [-0.2, -0.15) is 0 Å². The molecule has 1 heterocycles. The van der Waals surface area contributed by atoms with Gasteiger partial charge in [-0.05, 0) is 36.8 Å². The quantitative estimate of drug-likeness (QED) is 0.834. The largest absolute Gasteiger partial charge is 0.350 e. The van der Waals surface area contributed by atoms with E-state index in [1.54, 1.807) is 0 Å². The van der Waals surface area contributed by atoms with Gasteiger partial charge in [0, 0.05) is 31.0 Å². The molecule has 1 unspecified atom stereocenters. The van der Waals surface area contributed by atoms with Gasteiger partial charge in [-0.3, -0.25) is 0 Å². The first-order valence-electron chi connectivity index (χ1n) is 7.51. The number of hydrogen-bond acceptors (Lipinski definition) is 1. The summed E-state index contributed by atoms with van der Waals surface area (Å²) >= 11 is 0. The first-order chi connectivity index (χ1) is 8.63. The third kappa shape index (κ3) is 3.17. The highest BCUT2D eigenvalue weighted by Crippen LogP contribution is 2.35. The maximum atomic E-state index is 3.79. The van der Waals surface area contributed by atoms with Crippen LogP contribution < -0.4 is 5.32 Å². The molecule has 0 amide bonds. The molecule has 2 nitrogen and oxygen atoms in total. The molecule has 1 aromatic heterocycles. The Morgan fingerprint density at radius 1 is 1.39 bits per heavy atom. The van der Waals surface area contributed by atoms with Crippen LogP contribution in [-0.4, -0.2) is 10.6 Å². The summed E-state index contributed by atoms with van der Waals surface area (Å²) in [6, 6.07) is 5.09. The lowest BCUT2D eigenvalue weighted by molar-refractivity contribution is 0.166. The molecule has 0 saturated heterocycles. The van der Waals surface area contributed by atoms with E-state index in [2.05, 4.69) is 49.0 Å². The number of aromatic nitrogens is 1. The molecule has 0 spiro atoms. The average molecular weight is 248 g/mol. The zero-order valence-electron chi connectivity index (χ0n) is 12.2. The predicted molar refractivity (Wildman–Crippen MR) is 77.6 cm³/mol. The second-order valence-corrected chi connectivity index (χ2v) is 6.36. The summed E-state index contributed by atoms with van der Waals surface area (Å²) < 4.78 is 2.38. The number of rotatable bonds is 5. The van der Waals surface area contributed by atoms with Crippen LogP contribution in [0.5, 0.6) is 0 Å². The molecule has 1 fully saturated rings. The molecule has 1 aromatic rings. The van der Waals surface area contributed by atoms with E-state index in [4.69, 9.17) is 0 Å². The fourth-order valence-electron chi connectivity index (χ4n) is 3.17. The van der Waals surface area contributed by atoms with Crippen LogP contribution in [-0.2, 0) is 13.1 Å². The van der Waals surface area contributed by atoms with E-state index in [-0.39, 0.29) is 0 Å². The van der Waals surface area contributed by atoms with E-state index >= 15 is 0 Å². The molecular weight excluding hydrogens is 220 g/mol. The van der Waals surface area contributed by atoms with E-state index in [0.29, 0.717) is 11.5 Å². The molecular formula is C16H28N2. The summed E-state index contributed by atoms with van der Waals surface area (Å²) in [5.74, 6) is 0. The molecule has 1 atom stereocenters. The first kappa shape index (κ1) is 13.7.